The molecule has 0 bridgehead atoms. The maximum absolute atomic E-state index is 12.4. The van der Waals surface area contributed by atoms with E-state index in [1.807, 2.05) is 56.6 Å². The number of benzene rings is 2. The van der Waals surface area contributed by atoms with E-state index in [1.165, 1.54) is 7.11 Å². The Morgan fingerprint density at radius 1 is 1.05 bits per heavy atom. The largest absolute Gasteiger partial charge is 0.495 e. The van der Waals surface area contributed by atoms with Crippen LogP contribution in [0, 0.1) is 0 Å². The van der Waals surface area contributed by atoms with Gasteiger partial charge in [-0.3, -0.25) is 9.78 Å². The zero-order valence-electron chi connectivity index (χ0n) is 22.9. The summed E-state index contributed by atoms with van der Waals surface area (Å²) >= 11 is 5.92. The number of ether oxygens (including phenoxy) is 2. The first-order valence-electron chi connectivity index (χ1n) is 12.8. The number of hydrogen-bond donors (Lipinski definition) is 2. The summed E-state index contributed by atoms with van der Waals surface area (Å²) < 4.78 is 12.7. The van der Waals surface area contributed by atoms with Crippen molar-refractivity contribution in [1.29, 1.82) is 0 Å². The fraction of sp³-hybridized carbons (Fsp3) is 0.233. The normalized spacial score (nSPS) is 16.5. The van der Waals surface area contributed by atoms with Crippen molar-refractivity contribution in [3.8, 4) is 11.4 Å². The van der Waals surface area contributed by atoms with Crippen LogP contribution in [-0.2, 0) is 9.53 Å². The molecule has 5 rings (SSSR count). The number of nitrogens with zero attached hydrogens (tertiary/aromatic N) is 4. The standard InChI is InChI=1S/C30H32N6O3S/c1-34(2)20-10-12-21(13-11-20)35-17-7-9-25(35)29-28(23-8-5-6-16-31-23)33-30(40)36(29)22-14-15-26(39-4)24(18-22)32-27(37)19-38-3/h5-18,28-29H,19H2,1-4H3,(H,32,37)(H,33,40)/t28-,29+/m1/s1. The van der Waals surface area contributed by atoms with E-state index in [0.29, 0.717) is 16.5 Å². The summed E-state index contributed by atoms with van der Waals surface area (Å²) in [5.74, 6) is 0.256. The molecule has 40 heavy (non-hydrogen) atoms. The number of amides is 1. The lowest BCUT2D eigenvalue weighted by atomic mass is 10.0. The third kappa shape index (κ3) is 5.36. The molecule has 0 spiro atoms. The van der Waals surface area contributed by atoms with Gasteiger partial charge in [0.05, 0.1) is 24.5 Å². The second-order valence-electron chi connectivity index (χ2n) is 9.58. The van der Waals surface area contributed by atoms with Gasteiger partial charge in [-0.15, -0.1) is 0 Å². The Bertz CT molecular complexity index is 1490. The lowest BCUT2D eigenvalue weighted by molar-refractivity contribution is -0.119. The number of nitrogens with one attached hydrogen (secondary N) is 2. The maximum Gasteiger partial charge on any atom is 0.250 e. The Kier molecular flexibility index (Phi) is 7.99. The molecule has 0 saturated carbocycles. The molecule has 2 aromatic carbocycles. The van der Waals surface area contributed by atoms with Crippen LogP contribution >= 0.6 is 12.2 Å². The van der Waals surface area contributed by atoms with Crippen molar-refractivity contribution in [3.63, 3.8) is 0 Å². The van der Waals surface area contributed by atoms with E-state index >= 15 is 0 Å². The van der Waals surface area contributed by atoms with Crippen LogP contribution in [0.25, 0.3) is 5.69 Å². The molecule has 1 aliphatic heterocycles. The van der Waals surface area contributed by atoms with Crippen LogP contribution in [-0.4, -0.2) is 55.5 Å². The molecule has 10 heteroatoms. The van der Waals surface area contributed by atoms with Crippen molar-refractivity contribution >= 4 is 40.3 Å². The molecule has 0 aliphatic carbocycles. The minimum atomic E-state index is -0.280. The van der Waals surface area contributed by atoms with Crippen molar-refractivity contribution in [1.82, 2.24) is 14.9 Å². The average molecular weight is 557 g/mol. The number of hydrogen-bond acceptors (Lipinski definition) is 6. The number of carbonyl (C=O) groups excluding carboxylic acids is 1. The Hall–Kier alpha value is -4.41. The summed E-state index contributed by atoms with van der Waals surface area (Å²) in [4.78, 5) is 21.2. The number of aromatic nitrogens is 2. The molecule has 1 amide bonds. The Morgan fingerprint density at radius 3 is 2.50 bits per heavy atom. The first kappa shape index (κ1) is 27.2. The fourth-order valence-electron chi connectivity index (χ4n) is 4.98. The fourth-order valence-corrected chi connectivity index (χ4v) is 5.32. The summed E-state index contributed by atoms with van der Waals surface area (Å²) in [6.07, 6.45) is 3.84. The first-order chi connectivity index (χ1) is 19.4. The first-order valence-corrected chi connectivity index (χ1v) is 13.2. The molecule has 1 saturated heterocycles. The van der Waals surface area contributed by atoms with Gasteiger partial charge in [0.15, 0.2) is 5.11 Å². The molecular formula is C30H32N6O3S. The summed E-state index contributed by atoms with van der Waals surface area (Å²) in [7, 11) is 7.10. The van der Waals surface area contributed by atoms with Crippen LogP contribution < -0.4 is 25.2 Å². The zero-order chi connectivity index (χ0) is 28.2. The molecule has 4 aromatic rings. The number of thiocarbonyl (C=S) groups is 1. The number of anilines is 3. The molecule has 1 fully saturated rings. The molecule has 206 valence electrons. The summed E-state index contributed by atoms with van der Waals surface area (Å²) in [6, 6.07) is 23.6. The highest BCUT2D eigenvalue weighted by Crippen LogP contribution is 2.43. The summed E-state index contributed by atoms with van der Waals surface area (Å²) in [5, 5.41) is 6.94. The van der Waals surface area contributed by atoms with Crippen LogP contribution in [0.15, 0.2) is 85.2 Å². The molecule has 1 aliphatic rings. The van der Waals surface area contributed by atoms with Crippen molar-refractivity contribution in [2.75, 3.05) is 50.0 Å². The van der Waals surface area contributed by atoms with Crippen LogP contribution in [0.2, 0.25) is 0 Å². The summed E-state index contributed by atoms with van der Waals surface area (Å²) in [5.41, 5.74) is 5.38. The number of pyridine rings is 1. The van der Waals surface area contributed by atoms with Gasteiger partial charge in [0.1, 0.15) is 18.4 Å². The zero-order valence-corrected chi connectivity index (χ0v) is 23.7. The Morgan fingerprint density at radius 2 is 1.82 bits per heavy atom. The van der Waals surface area contributed by atoms with Gasteiger partial charge in [-0.2, -0.15) is 0 Å². The van der Waals surface area contributed by atoms with Crippen LogP contribution in [0.4, 0.5) is 17.1 Å². The van der Waals surface area contributed by atoms with Gasteiger partial charge in [-0.25, -0.2) is 0 Å². The molecule has 3 heterocycles. The Labute approximate surface area is 239 Å². The van der Waals surface area contributed by atoms with Crippen molar-refractivity contribution in [3.05, 3.63) is 96.6 Å². The second-order valence-corrected chi connectivity index (χ2v) is 9.96. The SMILES string of the molecule is COCC(=O)Nc1cc(N2C(=S)N[C@H](c3ccccn3)[C@@H]2c2cccn2-c2ccc(N(C)C)cc2)ccc1OC. The molecule has 0 unspecified atom stereocenters. The van der Waals surface area contributed by atoms with E-state index in [-0.39, 0.29) is 24.6 Å². The minimum Gasteiger partial charge on any atom is -0.495 e. The quantitative estimate of drug-likeness (QED) is 0.287. The molecule has 9 nitrogen and oxygen atoms in total. The van der Waals surface area contributed by atoms with Crippen LogP contribution in [0.3, 0.4) is 0 Å². The minimum absolute atomic E-state index is 0.0679. The van der Waals surface area contributed by atoms with Gasteiger partial charge < -0.3 is 34.5 Å². The van der Waals surface area contributed by atoms with Crippen molar-refractivity contribution < 1.29 is 14.3 Å². The van der Waals surface area contributed by atoms with E-state index in [1.54, 1.807) is 13.3 Å². The third-order valence-electron chi connectivity index (χ3n) is 6.84. The monoisotopic (exact) mass is 556 g/mol. The second kappa shape index (κ2) is 11.8. The molecule has 0 radical (unpaired) electrons. The van der Waals surface area contributed by atoms with Crippen LogP contribution in [0.5, 0.6) is 5.75 Å². The number of methoxy groups -OCH3 is 2. The van der Waals surface area contributed by atoms with Crippen molar-refractivity contribution in [2.24, 2.45) is 0 Å². The van der Waals surface area contributed by atoms with E-state index in [4.69, 9.17) is 21.7 Å². The van der Waals surface area contributed by atoms with E-state index in [9.17, 15) is 4.79 Å². The van der Waals surface area contributed by atoms with E-state index in [0.717, 1.165) is 28.5 Å². The number of carbonyl (C=O) groups is 1. The topological polar surface area (TPSA) is 83.9 Å². The van der Waals surface area contributed by atoms with Gasteiger partial charge in [0.25, 0.3) is 0 Å². The highest BCUT2D eigenvalue weighted by atomic mass is 32.1. The lowest BCUT2D eigenvalue weighted by Gasteiger charge is -2.29. The van der Waals surface area contributed by atoms with E-state index < -0.39 is 0 Å². The number of rotatable bonds is 9. The predicted molar refractivity (Wildman–Crippen MR) is 162 cm³/mol. The third-order valence-corrected chi connectivity index (χ3v) is 7.15. The van der Waals surface area contributed by atoms with Crippen LogP contribution in [0.1, 0.15) is 23.5 Å². The summed E-state index contributed by atoms with van der Waals surface area (Å²) in [6.45, 7) is -0.0679. The van der Waals surface area contributed by atoms with Gasteiger partial charge in [-0.1, -0.05) is 6.07 Å². The van der Waals surface area contributed by atoms with E-state index in [2.05, 4.69) is 66.5 Å². The lowest BCUT2D eigenvalue weighted by Crippen LogP contribution is -2.30. The highest BCUT2D eigenvalue weighted by Gasteiger charge is 2.42. The van der Waals surface area contributed by atoms with Gasteiger partial charge in [0.2, 0.25) is 5.91 Å². The van der Waals surface area contributed by atoms with Gasteiger partial charge in [0, 0.05) is 56.4 Å². The molecule has 2 aromatic heterocycles. The highest BCUT2D eigenvalue weighted by molar-refractivity contribution is 7.80. The maximum atomic E-state index is 12.4. The Balaban J connectivity index is 1.61. The average Bonchev–Trinajstić information content (AvgIpc) is 3.58. The molecular weight excluding hydrogens is 524 g/mol. The smallest absolute Gasteiger partial charge is 0.250 e. The van der Waals surface area contributed by atoms with Gasteiger partial charge >= 0.3 is 0 Å². The molecule has 2 N–H and O–H groups in total. The predicted octanol–water partition coefficient (Wildman–Crippen LogP) is 4.71. The van der Waals surface area contributed by atoms with Crippen molar-refractivity contribution in [2.45, 2.75) is 12.1 Å². The molecule has 2 atom stereocenters. The van der Waals surface area contributed by atoms with Gasteiger partial charge in [-0.05, 0) is 78.9 Å².